The van der Waals surface area contributed by atoms with Gasteiger partial charge in [-0.25, -0.2) is 15.0 Å². The lowest BCUT2D eigenvalue weighted by molar-refractivity contribution is 1.07. The van der Waals surface area contributed by atoms with E-state index in [1.54, 1.807) is 15.9 Å². The van der Waals surface area contributed by atoms with Crippen LogP contribution in [0.4, 0.5) is 0 Å². The lowest BCUT2D eigenvalue weighted by Crippen LogP contribution is -2.02. The van der Waals surface area contributed by atoms with Crippen LogP contribution in [-0.4, -0.2) is 19.5 Å². The zero-order chi connectivity index (χ0) is 45.7. The number of thiophene rings is 1. The van der Waals surface area contributed by atoms with Crippen LogP contribution in [0, 0.1) is 0 Å². The molecule has 0 aliphatic heterocycles. The molecule has 0 aliphatic rings. The summed E-state index contributed by atoms with van der Waals surface area (Å²) in [4.78, 5) is 15.0. The number of para-hydroxylation sites is 1. The second kappa shape index (κ2) is 13.3. The SMILES string of the molecule is [2H]c1cc2c3cc(-c4c([2H])c([2H])c([2H])c([2H])c4[2H])c([2H])c([2H])c3n(-c3ccc(-c4nc(-c5ccccc5)nc(-c5ccccc5)n4)cc3-c3cccc4c3sc3ccccc34)c2c([2H])c1[2H]. The number of nitrogens with zero attached hydrogens (tertiary/aromatic N) is 4. The van der Waals surface area contributed by atoms with Gasteiger partial charge in [-0.1, -0.05) is 151 Å². The summed E-state index contributed by atoms with van der Waals surface area (Å²) < 4.78 is 92.4. The molecule has 0 fully saturated rings. The van der Waals surface area contributed by atoms with Gasteiger partial charge >= 0.3 is 0 Å². The molecule has 0 saturated carbocycles. The highest BCUT2D eigenvalue weighted by molar-refractivity contribution is 7.26. The van der Waals surface area contributed by atoms with E-state index >= 15 is 0 Å². The van der Waals surface area contributed by atoms with Crippen molar-refractivity contribution in [1.82, 2.24) is 19.5 Å². The first-order chi connectivity index (χ1) is 31.9. The first-order valence-electron chi connectivity index (χ1n) is 23.0. The molecule has 0 spiro atoms. The van der Waals surface area contributed by atoms with E-state index < -0.39 is 36.3 Å². The summed E-state index contributed by atoms with van der Waals surface area (Å²) in [7, 11) is 0. The van der Waals surface area contributed by atoms with E-state index in [2.05, 4.69) is 18.2 Å². The van der Waals surface area contributed by atoms with Gasteiger partial charge in [-0.2, -0.15) is 0 Å². The number of benzene rings is 8. The Morgan fingerprint density at radius 2 is 1.07 bits per heavy atom. The number of rotatable bonds is 6. The van der Waals surface area contributed by atoms with Crippen LogP contribution < -0.4 is 0 Å². The van der Waals surface area contributed by atoms with Crippen molar-refractivity contribution in [3.05, 3.63) is 194 Å². The second-order valence-corrected chi connectivity index (χ2v) is 14.3. The van der Waals surface area contributed by atoms with Gasteiger partial charge in [0.25, 0.3) is 0 Å². The average Bonchev–Trinajstić information content (AvgIpc) is 3.89. The van der Waals surface area contributed by atoms with Crippen molar-refractivity contribution in [1.29, 1.82) is 0 Å². The Hall–Kier alpha value is -7.21. The predicted molar refractivity (Wildman–Crippen MR) is 234 cm³/mol. The Balaban J connectivity index is 1.26. The van der Waals surface area contributed by atoms with E-state index in [-0.39, 0.29) is 46.3 Å². The zero-order valence-electron chi connectivity index (χ0n) is 39.4. The third-order valence-corrected chi connectivity index (χ3v) is 11.2. The molecule has 5 heteroatoms. The minimum absolute atomic E-state index is 0.0690. The topological polar surface area (TPSA) is 43.6 Å². The van der Waals surface area contributed by atoms with E-state index in [9.17, 15) is 4.11 Å². The Morgan fingerprint density at radius 3 is 1.84 bits per heavy atom. The van der Waals surface area contributed by atoms with E-state index in [1.807, 2.05) is 103 Å². The van der Waals surface area contributed by atoms with E-state index in [1.165, 1.54) is 12.1 Å². The largest absolute Gasteiger partial charge is 0.309 e. The fourth-order valence-electron chi connectivity index (χ4n) is 7.40. The van der Waals surface area contributed by atoms with Gasteiger partial charge in [-0.05, 0) is 53.5 Å². The second-order valence-electron chi connectivity index (χ2n) is 13.3. The van der Waals surface area contributed by atoms with E-state index in [4.69, 9.17) is 24.5 Å². The van der Waals surface area contributed by atoms with Crippen LogP contribution in [0.25, 0.3) is 104 Å². The molecule has 56 heavy (non-hydrogen) atoms. The van der Waals surface area contributed by atoms with Crippen molar-refractivity contribution in [2.24, 2.45) is 0 Å². The standard InChI is InChI=1S/C51H32N4S/c1-4-15-33(16-5-1)36-27-29-45-42(31-36)38-21-10-12-25-44(38)55(45)46-30-28-37(32-43(46)41-24-14-23-40-39-22-11-13-26-47(39)56-48(40)41)51-53-49(34-17-6-2-7-18-34)52-50(54-51)35-19-8-3-9-20-35/h1-32H/i1D,4D,5D,10D,12D,15D,16D,25D,27D,29D. The van der Waals surface area contributed by atoms with Crippen LogP contribution in [0.1, 0.15) is 13.7 Å². The molecule has 0 unspecified atom stereocenters. The fourth-order valence-corrected chi connectivity index (χ4v) is 8.63. The van der Waals surface area contributed by atoms with Gasteiger partial charge in [0.05, 0.1) is 30.4 Å². The first-order valence-corrected chi connectivity index (χ1v) is 18.8. The molecular weight excluding hydrogens is 701 g/mol. The maximum atomic E-state index is 9.69. The van der Waals surface area contributed by atoms with Crippen molar-refractivity contribution in [3.63, 3.8) is 0 Å². The van der Waals surface area contributed by atoms with Crippen LogP contribution in [0.5, 0.6) is 0 Å². The smallest absolute Gasteiger partial charge is 0.164 e. The van der Waals surface area contributed by atoms with Crippen LogP contribution >= 0.6 is 11.3 Å². The summed E-state index contributed by atoms with van der Waals surface area (Å²) in [6.07, 6.45) is 0. The number of aromatic nitrogens is 4. The van der Waals surface area contributed by atoms with E-state index in [0.29, 0.717) is 45.1 Å². The Morgan fingerprint density at radius 1 is 0.411 bits per heavy atom. The number of hydrogen-bond donors (Lipinski definition) is 0. The van der Waals surface area contributed by atoms with Gasteiger partial charge in [0.2, 0.25) is 0 Å². The van der Waals surface area contributed by atoms with Gasteiger partial charge < -0.3 is 4.57 Å². The molecule has 0 radical (unpaired) electrons. The molecule has 0 atom stereocenters. The quantitative estimate of drug-likeness (QED) is 0.170. The van der Waals surface area contributed by atoms with Crippen LogP contribution in [-0.2, 0) is 0 Å². The molecule has 8 aromatic carbocycles. The number of hydrogen-bond acceptors (Lipinski definition) is 4. The van der Waals surface area contributed by atoms with Crippen molar-refractivity contribution in [2.45, 2.75) is 0 Å². The van der Waals surface area contributed by atoms with Crippen molar-refractivity contribution in [3.8, 4) is 62.1 Å². The molecule has 0 saturated heterocycles. The minimum Gasteiger partial charge on any atom is -0.309 e. The fraction of sp³-hybridized carbons (Fsp3) is 0. The van der Waals surface area contributed by atoms with Gasteiger partial charge in [0.1, 0.15) is 0 Å². The predicted octanol–water partition coefficient (Wildman–Crippen LogP) is 13.7. The van der Waals surface area contributed by atoms with E-state index in [0.717, 1.165) is 36.9 Å². The van der Waals surface area contributed by atoms with Gasteiger partial charge in [-0.15, -0.1) is 11.3 Å². The van der Waals surface area contributed by atoms with Crippen LogP contribution in [0.3, 0.4) is 0 Å². The van der Waals surface area contributed by atoms with Crippen LogP contribution in [0.2, 0.25) is 0 Å². The molecule has 4 nitrogen and oxygen atoms in total. The van der Waals surface area contributed by atoms with Crippen LogP contribution in [0.15, 0.2) is 194 Å². The third kappa shape index (κ3) is 5.40. The molecule has 11 rings (SSSR count). The summed E-state index contributed by atoms with van der Waals surface area (Å²) >= 11 is 1.63. The summed E-state index contributed by atoms with van der Waals surface area (Å²) in [5.41, 5.74) is 4.30. The van der Waals surface area contributed by atoms with Gasteiger partial charge in [0.15, 0.2) is 17.5 Å². The zero-order valence-corrected chi connectivity index (χ0v) is 30.2. The summed E-state index contributed by atoms with van der Waals surface area (Å²) in [6.45, 7) is 0. The van der Waals surface area contributed by atoms with Crippen molar-refractivity contribution in [2.75, 3.05) is 0 Å². The highest BCUT2D eigenvalue weighted by Gasteiger charge is 2.21. The van der Waals surface area contributed by atoms with Gasteiger partial charge in [-0.3, -0.25) is 0 Å². The lowest BCUT2D eigenvalue weighted by Gasteiger charge is -2.17. The maximum absolute atomic E-state index is 9.69. The summed E-state index contributed by atoms with van der Waals surface area (Å²) in [6, 6.07) is 37.8. The molecule has 0 bridgehead atoms. The van der Waals surface area contributed by atoms with Gasteiger partial charge in [0, 0.05) is 58.8 Å². The Bertz CT molecular complexity index is 3750. The molecule has 11 aromatic rings. The molecule has 0 aliphatic carbocycles. The molecular formula is C51H32N4S. The average molecular weight is 743 g/mol. The molecule has 3 heterocycles. The summed E-state index contributed by atoms with van der Waals surface area (Å²) in [5, 5.41) is 2.73. The Labute approximate surface area is 341 Å². The maximum Gasteiger partial charge on any atom is 0.164 e. The molecule has 3 aromatic heterocycles. The summed E-state index contributed by atoms with van der Waals surface area (Å²) in [5.74, 6) is 1.35. The number of fused-ring (bicyclic) bond motifs is 6. The first kappa shape index (κ1) is 23.5. The normalized spacial score (nSPS) is 14.1. The molecule has 262 valence electrons. The monoisotopic (exact) mass is 742 g/mol. The molecule has 0 N–H and O–H groups in total. The van der Waals surface area contributed by atoms with Crippen molar-refractivity contribution >= 4 is 53.3 Å². The Kier molecular flexibility index (Phi) is 5.58. The lowest BCUT2D eigenvalue weighted by atomic mass is 9.98. The highest BCUT2D eigenvalue weighted by atomic mass is 32.1. The van der Waals surface area contributed by atoms with Crippen molar-refractivity contribution < 1.29 is 13.7 Å². The highest BCUT2D eigenvalue weighted by Crippen LogP contribution is 2.44. The minimum atomic E-state index is -0.584. The molecule has 0 amide bonds. The third-order valence-electron chi connectivity index (χ3n) is 9.98.